The quantitative estimate of drug-likeness (QED) is 0.847. The van der Waals surface area contributed by atoms with Crippen molar-refractivity contribution in [3.05, 3.63) is 35.4 Å². The number of aryl methyl sites for hydroxylation is 1. The number of thioether (sulfide) groups is 1. The Balaban J connectivity index is 1.73. The number of rotatable bonds is 3. The highest BCUT2D eigenvalue weighted by Crippen LogP contribution is 2.21. The Morgan fingerprint density at radius 2 is 2.00 bits per heavy atom. The molecule has 3 rings (SSSR count). The SMILES string of the molecule is Cc1cccc(C(=O)N2CCCSCC2CN2CCCCC2)c1. The van der Waals surface area contributed by atoms with E-state index in [-0.39, 0.29) is 5.91 Å². The van der Waals surface area contributed by atoms with Gasteiger partial charge in [-0.25, -0.2) is 0 Å². The topological polar surface area (TPSA) is 23.6 Å². The lowest BCUT2D eigenvalue weighted by Gasteiger charge is -2.35. The van der Waals surface area contributed by atoms with E-state index in [1.54, 1.807) is 0 Å². The van der Waals surface area contributed by atoms with E-state index in [2.05, 4.69) is 22.8 Å². The molecule has 4 heteroatoms. The van der Waals surface area contributed by atoms with Gasteiger partial charge in [-0.2, -0.15) is 11.8 Å². The predicted molar refractivity (Wildman–Crippen MR) is 98.2 cm³/mol. The summed E-state index contributed by atoms with van der Waals surface area (Å²) < 4.78 is 0. The van der Waals surface area contributed by atoms with E-state index in [4.69, 9.17) is 0 Å². The van der Waals surface area contributed by atoms with Crippen LogP contribution in [0, 0.1) is 6.92 Å². The summed E-state index contributed by atoms with van der Waals surface area (Å²) in [5.74, 6) is 2.47. The molecule has 126 valence electrons. The largest absolute Gasteiger partial charge is 0.334 e. The summed E-state index contributed by atoms with van der Waals surface area (Å²) in [5.41, 5.74) is 2.01. The lowest BCUT2D eigenvalue weighted by molar-refractivity contribution is 0.0645. The van der Waals surface area contributed by atoms with Gasteiger partial charge in [-0.3, -0.25) is 4.79 Å². The number of likely N-dealkylation sites (tertiary alicyclic amines) is 1. The van der Waals surface area contributed by atoms with Gasteiger partial charge in [-0.1, -0.05) is 24.1 Å². The summed E-state index contributed by atoms with van der Waals surface area (Å²) in [6.07, 6.45) is 5.10. The van der Waals surface area contributed by atoms with Gasteiger partial charge in [0.15, 0.2) is 0 Å². The highest BCUT2D eigenvalue weighted by atomic mass is 32.2. The Kier molecular flexibility index (Phi) is 6.01. The van der Waals surface area contributed by atoms with Crippen molar-refractivity contribution >= 4 is 17.7 Å². The van der Waals surface area contributed by atoms with Crippen LogP contribution in [0.3, 0.4) is 0 Å². The monoisotopic (exact) mass is 332 g/mol. The molecule has 0 spiro atoms. The Labute approximate surface area is 144 Å². The zero-order valence-corrected chi connectivity index (χ0v) is 15.0. The fourth-order valence-corrected chi connectivity index (χ4v) is 4.69. The normalized spacial score (nSPS) is 23.5. The molecule has 1 atom stereocenters. The zero-order chi connectivity index (χ0) is 16.1. The molecule has 0 bridgehead atoms. The number of carbonyl (C=O) groups excluding carboxylic acids is 1. The van der Waals surface area contributed by atoms with Gasteiger partial charge >= 0.3 is 0 Å². The number of hydrogen-bond donors (Lipinski definition) is 0. The van der Waals surface area contributed by atoms with Crippen LogP contribution in [0.1, 0.15) is 41.6 Å². The molecule has 1 unspecified atom stereocenters. The van der Waals surface area contributed by atoms with Crippen molar-refractivity contribution in [2.45, 2.75) is 38.6 Å². The van der Waals surface area contributed by atoms with E-state index >= 15 is 0 Å². The molecule has 0 saturated carbocycles. The summed E-state index contributed by atoms with van der Waals surface area (Å²) in [7, 11) is 0. The number of piperidine rings is 1. The third kappa shape index (κ3) is 4.51. The lowest BCUT2D eigenvalue weighted by atomic mass is 10.1. The molecule has 2 heterocycles. The second kappa shape index (κ2) is 8.20. The van der Waals surface area contributed by atoms with Gasteiger partial charge in [0.25, 0.3) is 5.91 Å². The number of amides is 1. The zero-order valence-electron chi connectivity index (χ0n) is 14.2. The van der Waals surface area contributed by atoms with Crippen LogP contribution in [-0.4, -0.2) is 59.4 Å². The van der Waals surface area contributed by atoms with Crippen molar-refractivity contribution in [3.8, 4) is 0 Å². The van der Waals surface area contributed by atoms with Gasteiger partial charge in [0.05, 0.1) is 6.04 Å². The summed E-state index contributed by atoms with van der Waals surface area (Å²) in [6.45, 7) is 6.41. The fraction of sp³-hybridized carbons (Fsp3) is 0.632. The molecule has 1 aromatic carbocycles. The lowest BCUT2D eigenvalue weighted by Crippen LogP contribution is -2.49. The summed E-state index contributed by atoms with van der Waals surface area (Å²) in [4.78, 5) is 17.8. The second-order valence-electron chi connectivity index (χ2n) is 6.81. The van der Waals surface area contributed by atoms with E-state index in [0.29, 0.717) is 6.04 Å². The molecule has 0 N–H and O–H groups in total. The molecular weight excluding hydrogens is 304 g/mol. The average molecular weight is 333 g/mol. The average Bonchev–Trinajstić information content (AvgIpc) is 2.81. The van der Waals surface area contributed by atoms with Crippen molar-refractivity contribution in [1.29, 1.82) is 0 Å². The number of carbonyl (C=O) groups is 1. The van der Waals surface area contributed by atoms with Gasteiger partial charge in [-0.05, 0) is 57.2 Å². The van der Waals surface area contributed by atoms with Crippen LogP contribution in [0.5, 0.6) is 0 Å². The second-order valence-corrected chi connectivity index (χ2v) is 7.96. The summed E-state index contributed by atoms with van der Waals surface area (Å²) in [6, 6.07) is 8.40. The van der Waals surface area contributed by atoms with Crippen LogP contribution < -0.4 is 0 Å². The summed E-state index contributed by atoms with van der Waals surface area (Å²) >= 11 is 2.01. The minimum Gasteiger partial charge on any atom is -0.334 e. The first-order valence-electron chi connectivity index (χ1n) is 8.92. The van der Waals surface area contributed by atoms with Crippen molar-refractivity contribution in [1.82, 2.24) is 9.80 Å². The van der Waals surface area contributed by atoms with Crippen LogP contribution in [-0.2, 0) is 0 Å². The molecule has 2 saturated heterocycles. The molecular formula is C19H28N2OS. The number of hydrogen-bond acceptors (Lipinski definition) is 3. The standard InChI is InChI=1S/C19H28N2OS/c1-16-7-5-8-17(13-16)19(22)21-11-6-12-23-15-18(21)14-20-9-3-2-4-10-20/h5,7-8,13,18H,2-4,6,9-12,14-15H2,1H3. The fourth-order valence-electron chi connectivity index (χ4n) is 3.63. The third-order valence-corrected chi connectivity index (χ3v) is 6.08. The van der Waals surface area contributed by atoms with Crippen LogP contribution in [0.25, 0.3) is 0 Å². The Morgan fingerprint density at radius 1 is 1.17 bits per heavy atom. The highest BCUT2D eigenvalue weighted by molar-refractivity contribution is 7.99. The van der Waals surface area contributed by atoms with Gasteiger partial charge in [0.2, 0.25) is 0 Å². The minimum absolute atomic E-state index is 0.221. The van der Waals surface area contributed by atoms with Crippen molar-refractivity contribution < 1.29 is 4.79 Å². The maximum Gasteiger partial charge on any atom is 0.254 e. The number of benzene rings is 1. The molecule has 0 aromatic heterocycles. The van der Waals surface area contributed by atoms with Crippen molar-refractivity contribution in [3.63, 3.8) is 0 Å². The molecule has 23 heavy (non-hydrogen) atoms. The van der Waals surface area contributed by atoms with Gasteiger partial charge in [0.1, 0.15) is 0 Å². The molecule has 0 radical (unpaired) electrons. The molecule has 3 nitrogen and oxygen atoms in total. The molecule has 2 aliphatic rings. The van der Waals surface area contributed by atoms with Gasteiger partial charge in [-0.15, -0.1) is 0 Å². The molecule has 2 aliphatic heterocycles. The first kappa shape index (κ1) is 16.8. The number of nitrogens with zero attached hydrogens (tertiary/aromatic N) is 2. The Hall–Kier alpha value is -1.00. The molecule has 0 aliphatic carbocycles. The third-order valence-electron chi connectivity index (χ3n) is 4.88. The molecule has 2 fully saturated rings. The Morgan fingerprint density at radius 3 is 2.78 bits per heavy atom. The van der Waals surface area contributed by atoms with Crippen LogP contribution in [0.4, 0.5) is 0 Å². The first-order chi connectivity index (χ1) is 11.2. The maximum absolute atomic E-state index is 13.1. The van der Waals surface area contributed by atoms with E-state index < -0.39 is 0 Å². The molecule has 1 amide bonds. The molecule has 1 aromatic rings. The van der Waals surface area contributed by atoms with E-state index in [1.807, 2.05) is 30.0 Å². The minimum atomic E-state index is 0.221. The van der Waals surface area contributed by atoms with Crippen LogP contribution in [0.15, 0.2) is 24.3 Å². The maximum atomic E-state index is 13.1. The van der Waals surface area contributed by atoms with E-state index in [1.165, 1.54) is 38.1 Å². The van der Waals surface area contributed by atoms with Crippen LogP contribution in [0.2, 0.25) is 0 Å². The van der Waals surface area contributed by atoms with Gasteiger partial charge in [0, 0.05) is 24.4 Å². The van der Waals surface area contributed by atoms with Crippen molar-refractivity contribution in [2.24, 2.45) is 0 Å². The highest BCUT2D eigenvalue weighted by Gasteiger charge is 2.28. The smallest absolute Gasteiger partial charge is 0.254 e. The van der Waals surface area contributed by atoms with Crippen LogP contribution >= 0.6 is 11.8 Å². The first-order valence-corrected chi connectivity index (χ1v) is 10.1. The van der Waals surface area contributed by atoms with E-state index in [0.717, 1.165) is 36.4 Å². The van der Waals surface area contributed by atoms with Crippen molar-refractivity contribution in [2.75, 3.05) is 37.7 Å². The Bertz CT molecular complexity index is 528. The van der Waals surface area contributed by atoms with E-state index in [9.17, 15) is 4.79 Å². The predicted octanol–water partition coefficient (Wildman–Crippen LogP) is 3.43. The van der Waals surface area contributed by atoms with Gasteiger partial charge < -0.3 is 9.80 Å². The summed E-state index contributed by atoms with van der Waals surface area (Å²) in [5, 5.41) is 0.